The van der Waals surface area contributed by atoms with Crippen LogP contribution in [0.4, 0.5) is 5.69 Å². The maximum Gasteiger partial charge on any atom is 0.273 e. The Labute approximate surface area is 123 Å². The average Bonchev–Trinajstić information content (AvgIpc) is 2.48. The quantitative estimate of drug-likeness (QED) is 0.667. The van der Waals surface area contributed by atoms with E-state index < -0.39 is 10.5 Å². The summed E-state index contributed by atoms with van der Waals surface area (Å²) in [7, 11) is 1.48. The smallest absolute Gasteiger partial charge is 0.273 e. The van der Waals surface area contributed by atoms with Crippen LogP contribution in [0, 0.1) is 16.0 Å². The molecule has 0 aromatic heterocycles. The molecule has 0 unspecified atom stereocenters. The number of hydrogen-bond donors (Lipinski definition) is 1. The molecule has 116 valence electrons. The fourth-order valence-corrected chi connectivity index (χ4v) is 2.55. The highest BCUT2D eigenvalue weighted by atomic mass is 16.6. The van der Waals surface area contributed by atoms with Gasteiger partial charge in [0.05, 0.1) is 23.7 Å². The van der Waals surface area contributed by atoms with Crippen molar-refractivity contribution in [2.45, 2.75) is 38.2 Å². The number of non-ortho nitro benzene ring substituents is 1. The fraction of sp³-hybridized carbons (Fsp3) is 0.600. The molecule has 1 aromatic carbocycles. The maximum atomic E-state index is 10.8. The molecule has 1 fully saturated rings. The van der Waals surface area contributed by atoms with E-state index in [0.29, 0.717) is 30.3 Å². The van der Waals surface area contributed by atoms with Crippen LogP contribution in [0.15, 0.2) is 18.2 Å². The molecule has 1 aliphatic rings. The second-order valence-electron chi connectivity index (χ2n) is 5.79. The molecule has 0 heterocycles. The van der Waals surface area contributed by atoms with Crippen molar-refractivity contribution < 1.29 is 19.5 Å². The molecule has 0 spiro atoms. The first-order chi connectivity index (χ1) is 9.93. The van der Waals surface area contributed by atoms with Crippen molar-refractivity contribution >= 4 is 5.69 Å². The molecule has 0 aliphatic heterocycles. The Hall–Kier alpha value is -1.82. The second-order valence-corrected chi connectivity index (χ2v) is 5.79. The zero-order valence-electron chi connectivity index (χ0n) is 12.4. The lowest BCUT2D eigenvalue weighted by molar-refractivity contribution is -0.385. The molecule has 0 radical (unpaired) electrons. The summed E-state index contributed by atoms with van der Waals surface area (Å²) in [6.07, 6.45) is 3.30. The predicted molar refractivity (Wildman–Crippen MR) is 77.7 cm³/mol. The molecular weight excluding hydrogens is 274 g/mol. The van der Waals surface area contributed by atoms with E-state index in [9.17, 15) is 15.2 Å². The molecule has 0 bridgehead atoms. The van der Waals surface area contributed by atoms with Gasteiger partial charge in [-0.05, 0) is 37.7 Å². The lowest BCUT2D eigenvalue weighted by Crippen LogP contribution is -2.39. The first-order valence-corrected chi connectivity index (χ1v) is 7.11. The zero-order valence-corrected chi connectivity index (χ0v) is 12.4. The van der Waals surface area contributed by atoms with Gasteiger partial charge in [-0.25, -0.2) is 0 Å². The van der Waals surface area contributed by atoms with Gasteiger partial charge < -0.3 is 14.6 Å². The highest BCUT2D eigenvalue weighted by Gasteiger charge is 2.33. The number of nitro benzene ring substituents is 1. The summed E-state index contributed by atoms with van der Waals surface area (Å²) in [4.78, 5) is 10.3. The normalized spacial score (nSPS) is 25.4. The molecule has 6 heteroatoms. The van der Waals surface area contributed by atoms with Crippen molar-refractivity contribution in [2.24, 2.45) is 5.92 Å². The van der Waals surface area contributed by atoms with Gasteiger partial charge in [0, 0.05) is 6.07 Å². The third-order valence-electron chi connectivity index (χ3n) is 4.06. The van der Waals surface area contributed by atoms with E-state index in [1.165, 1.54) is 25.3 Å². The molecule has 0 amide bonds. The Balaban J connectivity index is 2.08. The lowest BCUT2D eigenvalue weighted by Gasteiger charge is -2.34. The molecule has 1 N–H and O–H groups in total. The van der Waals surface area contributed by atoms with E-state index >= 15 is 0 Å². The van der Waals surface area contributed by atoms with Crippen molar-refractivity contribution in [3.63, 3.8) is 0 Å². The number of nitro groups is 1. The number of hydrogen-bond acceptors (Lipinski definition) is 5. The summed E-state index contributed by atoms with van der Waals surface area (Å²) in [5.41, 5.74) is -0.919. The molecule has 6 nitrogen and oxygen atoms in total. The Kier molecular flexibility index (Phi) is 4.67. The van der Waals surface area contributed by atoms with Gasteiger partial charge >= 0.3 is 0 Å². The lowest BCUT2D eigenvalue weighted by atomic mass is 9.80. The minimum atomic E-state index is -0.859. The Bertz CT molecular complexity index is 509. The van der Waals surface area contributed by atoms with Crippen LogP contribution in [0.2, 0.25) is 0 Å². The summed E-state index contributed by atoms with van der Waals surface area (Å²) < 4.78 is 10.8. The van der Waals surface area contributed by atoms with Crippen LogP contribution in [0.5, 0.6) is 11.5 Å². The van der Waals surface area contributed by atoms with E-state index in [-0.39, 0.29) is 12.3 Å². The van der Waals surface area contributed by atoms with Crippen molar-refractivity contribution in [3.05, 3.63) is 28.3 Å². The van der Waals surface area contributed by atoms with E-state index in [1.807, 2.05) is 0 Å². The van der Waals surface area contributed by atoms with Crippen LogP contribution in [0.25, 0.3) is 0 Å². The number of nitrogens with zero attached hydrogens (tertiary/aromatic N) is 1. The van der Waals surface area contributed by atoms with Crippen LogP contribution in [0.3, 0.4) is 0 Å². The second kappa shape index (κ2) is 6.30. The van der Waals surface area contributed by atoms with E-state index in [1.54, 1.807) is 0 Å². The van der Waals surface area contributed by atoms with Gasteiger partial charge in [-0.3, -0.25) is 10.1 Å². The number of aliphatic hydroxyl groups is 1. The first-order valence-electron chi connectivity index (χ1n) is 7.11. The van der Waals surface area contributed by atoms with Crippen LogP contribution in [-0.2, 0) is 0 Å². The zero-order chi connectivity index (χ0) is 15.5. The van der Waals surface area contributed by atoms with Gasteiger partial charge in [-0.2, -0.15) is 0 Å². The van der Waals surface area contributed by atoms with Crippen molar-refractivity contribution in [1.82, 2.24) is 0 Å². The topological polar surface area (TPSA) is 81.8 Å². The van der Waals surface area contributed by atoms with Gasteiger partial charge in [0.2, 0.25) is 0 Å². The van der Waals surface area contributed by atoms with Gasteiger partial charge in [-0.15, -0.1) is 0 Å². The molecule has 0 saturated heterocycles. The first kappa shape index (κ1) is 15.6. The van der Waals surface area contributed by atoms with E-state index in [4.69, 9.17) is 9.47 Å². The van der Waals surface area contributed by atoms with Crippen molar-refractivity contribution in [3.8, 4) is 11.5 Å². The molecule has 0 atom stereocenters. The van der Waals surface area contributed by atoms with Crippen LogP contribution < -0.4 is 9.47 Å². The number of rotatable bonds is 5. The van der Waals surface area contributed by atoms with Gasteiger partial charge in [-0.1, -0.05) is 6.92 Å². The third-order valence-corrected chi connectivity index (χ3v) is 4.06. The summed E-state index contributed by atoms with van der Waals surface area (Å²) in [6, 6.07) is 4.19. The van der Waals surface area contributed by atoms with Crippen molar-refractivity contribution in [2.75, 3.05) is 13.7 Å². The highest BCUT2D eigenvalue weighted by molar-refractivity contribution is 5.48. The van der Waals surface area contributed by atoms with Crippen LogP contribution >= 0.6 is 0 Å². The van der Waals surface area contributed by atoms with Gasteiger partial charge in [0.1, 0.15) is 6.61 Å². The molecule has 21 heavy (non-hydrogen) atoms. The fourth-order valence-electron chi connectivity index (χ4n) is 2.55. The number of ether oxygens (including phenoxy) is 2. The largest absolute Gasteiger partial charge is 0.493 e. The molecule has 1 aliphatic carbocycles. The van der Waals surface area contributed by atoms with E-state index in [0.717, 1.165) is 12.8 Å². The average molecular weight is 295 g/mol. The minimum absolute atomic E-state index is 0.0601. The summed E-state index contributed by atoms with van der Waals surface area (Å²) in [6.45, 7) is 2.29. The van der Waals surface area contributed by atoms with Gasteiger partial charge in [0.25, 0.3) is 5.69 Å². The third kappa shape index (κ3) is 3.85. The Morgan fingerprint density at radius 1 is 1.38 bits per heavy atom. The molecule has 1 saturated carbocycles. The Morgan fingerprint density at radius 2 is 2.05 bits per heavy atom. The van der Waals surface area contributed by atoms with Crippen LogP contribution in [-0.4, -0.2) is 29.3 Å². The standard InChI is InChI=1S/C15H21NO5/c1-11-5-7-15(17,8-6-11)10-21-14-9-12(16(18)19)3-4-13(14)20-2/h3-4,9,11,17H,5-8,10H2,1-2H3. The van der Waals surface area contributed by atoms with Gasteiger partial charge in [0.15, 0.2) is 11.5 Å². The van der Waals surface area contributed by atoms with E-state index in [2.05, 4.69) is 6.92 Å². The molecule has 1 aromatic rings. The maximum absolute atomic E-state index is 10.8. The number of benzene rings is 1. The monoisotopic (exact) mass is 295 g/mol. The van der Waals surface area contributed by atoms with Crippen molar-refractivity contribution in [1.29, 1.82) is 0 Å². The minimum Gasteiger partial charge on any atom is -0.493 e. The summed E-state index contributed by atoms with van der Waals surface area (Å²) >= 11 is 0. The molecular formula is C15H21NO5. The van der Waals surface area contributed by atoms with Crippen LogP contribution in [0.1, 0.15) is 32.6 Å². The Morgan fingerprint density at radius 3 is 2.62 bits per heavy atom. The number of methoxy groups -OCH3 is 1. The summed E-state index contributed by atoms with van der Waals surface area (Å²) in [5, 5.41) is 21.3. The highest BCUT2D eigenvalue weighted by Crippen LogP contribution is 2.35. The summed E-state index contributed by atoms with van der Waals surface area (Å²) in [5.74, 6) is 1.34. The predicted octanol–water partition coefficient (Wildman–Crippen LogP) is 2.92. The molecule has 2 rings (SSSR count). The SMILES string of the molecule is COc1ccc([N+](=O)[O-])cc1OCC1(O)CCC(C)CC1.